The van der Waals surface area contributed by atoms with Crippen molar-refractivity contribution in [2.75, 3.05) is 30.9 Å². The highest BCUT2D eigenvalue weighted by Gasteiger charge is 2.22. The number of carbonyl (C=O) groups is 3. The minimum absolute atomic E-state index is 0.220. The van der Waals surface area contributed by atoms with E-state index in [1.165, 1.54) is 5.01 Å². The first-order valence-electron chi connectivity index (χ1n) is 14.4. The summed E-state index contributed by atoms with van der Waals surface area (Å²) in [5, 5.41) is 11.8. The number of benzene rings is 4. The molecule has 1 heterocycles. The van der Waals surface area contributed by atoms with Gasteiger partial charge in [0.25, 0.3) is 17.7 Å². The third-order valence-corrected chi connectivity index (χ3v) is 7.16. The molecule has 4 aromatic carbocycles. The van der Waals surface area contributed by atoms with Crippen LogP contribution in [-0.2, 0) is 0 Å². The number of carbonyl (C=O) groups excluding carboxylic acids is 3. The van der Waals surface area contributed by atoms with Crippen molar-refractivity contribution in [2.24, 2.45) is 5.10 Å². The molecule has 0 atom stereocenters. The Bertz CT molecular complexity index is 1680. The van der Waals surface area contributed by atoms with Gasteiger partial charge in [-0.1, -0.05) is 17.7 Å². The zero-order chi connectivity index (χ0) is 31.1. The van der Waals surface area contributed by atoms with Crippen LogP contribution < -0.4 is 20.1 Å². The van der Waals surface area contributed by atoms with Gasteiger partial charge >= 0.3 is 0 Å². The molecule has 2 N–H and O–H groups in total. The van der Waals surface area contributed by atoms with E-state index in [0.29, 0.717) is 52.7 Å². The number of aryl methyl sites for hydroxylation is 1. The Labute approximate surface area is 256 Å². The maximum atomic E-state index is 13.3. The zero-order valence-electron chi connectivity index (χ0n) is 24.9. The van der Waals surface area contributed by atoms with Crippen LogP contribution in [0.15, 0.2) is 96.1 Å². The lowest BCUT2D eigenvalue weighted by molar-refractivity contribution is 0.0751. The molecule has 0 saturated heterocycles. The molecule has 0 aliphatic carbocycles. The number of nitrogens with zero attached hydrogens (tertiary/aromatic N) is 2. The van der Waals surface area contributed by atoms with Crippen LogP contribution in [0.2, 0.25) is 0 Å². The smallest absolute Gasteiger partial charge is 0.273 e. The Balaban J connectivity index is 1.20. The van der Waals surface area contributed by atoms with E-state index < -0.39 is 0 Å². The van der Waals surface area contributed by atoms with Crippen molar-refractivity contribution < 1.29 is 23.9 Å². The van der Waals surface area contributed by atoms with Gasteiger partial charge in [0.05, 0.1) is 19.4 Å². The minimum atomic E-state index is -0.309. The Morgan fingerprint density at radius 3 is 1.91 bits per heavy atom. The molecule has 0 unspecified atom stereocenters. The number of hydrogen-bond acceptors (Lipinski definition) is 6. The average molecular weight is 591 g/mol. The van der Waals surface area contributed by atoms with Gasteiger partial charge in [-0.05, 0) is 106 Å². The fourth-order valence-corrected chi connectivity index (χ4v) is 4.78. The molecule has 0 spiro atoms. The van der Waals surface area contributed by atoms with Crippen molar-refractivity contribution in [3.05, 3.63) is 119 Å². The summed E-state index contributed by atoms with van der Waals surface area (Å²) in [6.45, 7) is 4.89. The third-order valence-electron chi connectivity index (χ3n) is 7.16. The van der Waals surface area contributed by atoms with Crippen LogP contribution in [0.5, 0.6) is 11.5 Å². The Kier molecular flexibility index (Phi) is 9.34. The first-order valence-corrected chi connectivity index (χ1v) is 14.4. The van der Waals surface area contributed by atoms with E-state index in [1.807, 2.05) is 44.2 Å². The Morgan fingerprint density at radius 2 is 1.34 bits per heavy atom. The second kappa shape index (κ2) is 13.7. The predicted octanol–water partition coefficient (Wildman–Crippen LogP) is 6.55. The molecule has 224 valence electrons. The number of anilines is 2. The molecule has 0 radical (unpaired) electrons. The van der Waals surface area contributed by atoms with Crippen LogP contribution in [0.4, 0.5) is 11.4 Å². The fraction of sp³-hybridized carbons (Fsp3) is 0.200. The van der Waals surface area contributed by atoms with Crippen molar-refractivity contribution in [3.63, 3.8) is 0 Å². The Hall–Kier alpha value is -5.44. The lowest BCUT2D eigenvalue weighted by atomic mass is 10.0. The zero-order valence-corrected chi connectivity index (χ0v) is 24.9. The summed E-state index contributed by atoms with van der Waals surface area (Å²) in [5.74, 6) is 0.530. The molecule has 0 saturated carbocycles. The summed E-state index contributed by atoms with van der Waals surface area (Å²) in [5.41, 5.74) is 5.34. The van der Waals surface area contributed by atoms with Gasteiger partial charge in [-0.2, -0.15) is 5.10 Å². The largest absolute Gasteiger partial charge is 0.493 e. The lowest BCUT2D eigenvalue weighted by Crippen LogP contribution is -2.32. The SMILES string of the molecule is CCOc1cc(C2=NN(C(=O)c3ccc(NC(=O)c4ccc(NC(=O)c5ccc(C)cc5)cc4)cc3)CCC2)ccc1OC. The van der Waals surface area contributed by atoms with Crippen molar-refractivity contribution in [1.29, 1.82) is 0 Å². The number of hydrogen-bond donors (Lipinski definition) is 2. The summed E-state index contributed by atoms with van der Waals surface area (Å²) < 4.78 is 11.1. The molecule has 1 aliphatic heterocycles. The van der Waals surface area contributed by atoms with Crippen molar-refractivity contribution in [2.45, 2.75) is 26.7 Å². The molecule has 0 fully saturated rings. The second-order valence-corrected chi connectivity index (χ2v) is 10.3. The van der Waals surface area contributed by atoms with Crippen LogP contribution in [0.25, 0.3) is 0 Å². The standard InChI is InChI=1S/C35H34N4O5/c1-4-44-32-22-27(15-20-31(32)43-3)30-6-5-21-39(38-30)35(42)26-13-18-29(19-14-26)37-34(41)25-11-16-28(17-12-25)36-33(40)24-9-7-23(2)8-10-24/h7-20,22H,4-6,21H2,1-3H3,(H,36,40)(H,37,41). The average Bonchev–Trinajstić information content (AvgIpc) is 3.05. The number of ether oxygens (including phenoxy) is 2. The predicted molar refractivity (Wildman–Crippen MR) is 171 cm³/mol. The first-order chi connectivity index (χ1) is 21.3. The molecule has 1 aliphatic rings. The van der Waals surface area contributed by atoms with Crippen molar-refractivity contribution in [3.8, 4) is 11.5 Å². The molecule has 4 aromatic rings. The highest BCUT2D eigenvalue weighted by Crippen LogP contribution is 2.30. The summed E-state index contributed by atoms with van der Waals surface area (Å²) in [6.07, 6.45) is 1.52. The van der Waals surface area contributed by atoms with E-state index >= 15 is 0 Å². The number of amides is 3. The van der Waals surface area contributed by atoms with E-state index in [0.717, 1.165) is 29.7 Å². The van der Waals surface area contributed by atoms with Crippen molar-refractivity contribution in [1.82, 2.24) is 5.01 Å². The van der Waals surface area contributed by atoms with Gasteiger partial charge in [0, 0.05) is 40.2 Å². The van der Waals surface area contributed by atoms with E-state index in [1.54, 1.807) is 67.8 Å². The van der Waals surface area contributed by atoms with Crippen LogP contribution in [0, 0.1) is 6.92 Å². The molecule has 44 heavy (non-hydrogen) atoms. The monoisotopic (exact) mass is 590 g/mol. The molecule has 0 bridgehead atoms. The lowest BCUT2D eigenvalue weighted by Gasteiger charge is -2.24. The van der Waals surface area contributed by atoms with Gasteiger partial charge in [-0.25, -0.2) is 5.01 Å². The molecular weight excluding hydrogens is 556 g/mol. The normalized spacial score (nSPS) is 12.6. The molecular formula is C35H34N4O5. The van der Waals surface area contributed by atoms with Gasteiger partial charge < -0.3 is 20.1 Å². The first kappa shape index (κ1) is 30.0. The van der Waals surface area contributed by atoms with Crippen LogP contribution >= 0.6 is 0 Å². The topological polar surface area (TPSA) is 109 Å². The third kappa shape index (κ3) is 7.12. The van der Waals surface area contributed by atoms with Crippen LogP contribution in [0.1, 0.15) is 62.0 Å². The van der Waals surface area contributed by atoms with Gasteiger partial charge in [0.15, 0.2) is 11.5 Å². The van der Waals surface area contributed by atoms with E-state index in [4.69, 9.17) is 9.47 Å². The van der Waals surface area contributed by atoms with E-state index in [9.17, 15) is 14.4 Å². The number of rotatable bonds is 9. The fourth-order valence-electron chi connectivity index (χ4n) is 4.78. The van der Waals surface area contributed by atoms with Crippen LogP contribution in [0.3, 0.4) is 0 Å². The highest BCUT2D eigenvalue weighted by molar-refractivity contribution is 6.07. The molecule has 5 rings (SSSR count). The van der Waals surface area contributed by atoms with Gasteiger partial charge in [-0.3, -0.25) is 14.4 Å². The van der Waals surface area contributed by atoms with E-state index in [2.05, 4.69) is 15.7 Å². The molecule has 0 aromatic heterocycles. The highest BCUT2D eigenvalue weighted by atomic mass is 16.5. The quantitative estimate of drug-likeness (QED) is 0.230. The van der Waals surface area contributed by atoms with Gasteiger partial charge in [0.2, 0.25) is 0 Å². The van der Waals surface area contributed by atoms with E-state index in [-0.39, 0.29) is 17.7 Å². The second-order valence-electron chi connectivity index (χ2n) is 10.3. The minimum Gasteiger partial charge on any atom is -0.493 e. The summed E-state index contributed by atoms with van der Waals surface area (Å²) in [4.78, 5) is 38.6. The van der Waals surface area contributed by atoms with Crippen molar-refractivity contribution >= 4 is 34.8 Å². The summed E-state index contributed by atoms with van der Waals surface area (Å²) in [6, 6.07) is 26.3. The van der Waals surface area contributed by atoms with Crippen LogP contribution in [-0.4, -0.2) is 48.7 Å². The Morgan fingerprint density at radius 1 is 0.773 bits per heavy atom. The number of nitrogens with one attached hydrogen (secondary N) is 2. The molecule has 3 amide bonds. The number of hydrazone groups is 1. The van der Waals surface area contributed by atoms with Gasteiger partial charge in [0.1, 0.15) is 0 Å². The summed E-state index contributed by atoms with van der Waals surface area (Å²) in [7, 11) is 1.60. The maximum absolute atomic E-state index is 13.3. The van der Waals surface area contributed by atoms with Gasteiger partial charge in [-0.15, -0.1) is 0 Å². The molecule has 9 nitrogen and oxygen atoms in total. The molecule has 9 heteroatoms. The maximum Gasteiger partial charge on any atom is 0.273 e. The summed E-state index contributed by atoms with van der Waals surface area (Å²) >= 11 is 0. The number of methoxy groups -OCH3 is 1.